The first-order valence-electron chi connectivity index (χ1n) is 2.45. The number of thiol groups is 1. The van der Waals surface area contributed by atoms with Crippen LogP contribution in [0.2, 0.25) is 0 Å². The van der Waals surface area contributed by atoms with Crippen molar-refractivity contribution >= 4 is 12.6 Å². The van der Waals surface area contributed by atoms with E-state index in [0.717, 1.165) is 5.70 Å². The summed E-state index contributed by atoms with van der Waals surface area (Å²) in [7, 11) is 0. The fourth-order valence-electron chi connectivity index (χ4n) is 0.360. The van der Waals surface area contributed by atoms with Crippen molar-refractivity contribution in [3.8, 4) is 0 Å². The van der Waals surface area contributed by atoms with Crippen molar-refractivity contribution in [2.24, 2.45) is 0 Å². The largest absolute Gasteiger partial charge is 0.380 e. The van der Waals surface area contributed by atoms with Crippen molar-refractivity contribution in [1.29, 1.82) is 0 Å². The molecule has 0 aromatic heterocycles. The molecule has 46 valence electrons. The molecule has 0 aliphatic rings. The second-order valence-electron chi connectivity index (χ2n) is 1.42. The van der Waals surface area contributed by atoms with E-state index in [9.17, 15) is 0 Å². The Morgan fingerprint density at radius 3 is 2.88 bits per heavy atom. The highest BCUT2D eigenvalue weighted by Gasteiger charge is 1.77. The van der Waals surface area contributed by atoms with E-state index >= 15 is 0 Å². The summed E-state index contributed by atoms with van der Waals surface area (Å²) < 4.78 is 0. The number of hydrogen-bond acceptors (Lipinski definition) is 2. The van der Waals surface area contributed by atoms with Crippen LogP contribution in [0.1, 0.15) is 6.92 Å². The van der Waals surface area contributed by atoms with Crippen LogP contribution in [0, 0.1) is 0 Å². The van der Waals surface area contributed by atoms with Gasteiger partial charge in [-0.3, -0.25) is 0 Å². The molecule has 0 radical (unpaired) electrons. The number of hydrogen-bond donors (Lipinski definition) is 2. The molecule has 0 atom stereocenters. The van der Waals surface area contributed by atoms with Crippen molar-refractivity contribution in [2.45, 2.75) is 6.92 Å². The summed E-state index contributed by atoms with van der Waals surface area (Å²) in [4.78, 5) is 0. The molecular weight excluding hydrogens is 118 g/mol. The second kappa shape index (κ2) is 4.78. The minimum absolute atomic E-state index is 0.677. The summed E-state index contributed by atoms with van der Waals surface area (Å²) in [6, 6.07) is 0. The molecule has 0 aromatic carbocycles. The molecule has 1 nitrogen and oxygen atoms in total. The molecule has 0 amide bonds. The van der Waals surface area contributed by atoms with Gasteiger partial charge in [-0.15, -0.1) is 0 Å². The van der Waals surface area contributed by atoms with E-state index in [2.05, 4.69) is 24.5 Å². The van der Waals surface area contributed by atoms with Gasteiger partial charge in [0.2, 0.25) is 0 Å². The number of allylic oxidation sites excluding steroid dienone is 3. The summed E-state index contributed by atoms with van der Waals surface area (Å²) in [5, 5.41) is 3.00. The molecule has 0 fully saturated rings. The lowest BCUT2D eigenvalue weighted by atomic mass is 10.4. The van der Waals surface area contributed by atoms with Crippen molar-refractivity contribution in [2.75, 3.05) is 5.88 Å². The molecule has 1 N–H and O–H groups in total. The van der Waals surface area contributed by atoms with E-state index in [0.29, 0.717) is 5.88 Å². The molecule has 8 heavy (non-hydrogen) atoms. The van der Waals surface area contributed by atoms with Crippen LogP contribution in [0.25, 0.3) is 0 Å². The molecule has 0 aliphatic heterocycles. The highest BCUT2D eigenvalue weighted by molar-refractivity contribution is 7.80. The topological polar surface area (TPSA) is 12.0 Å². The quantitative estimate of drug-likeness (QED) is 0.335. The Bertz CT molecular complexity index is 96.7. The predicted octanol–water partition coefficient (Wildman–Crippen LogP) is 1.55. The number of rotatable bonds is 3. The monoisotopic (exact) mass is 129 g/mol. The number of nitrogens with one attached hydrogen (secondary N) is 1. The fourth-order valence-corrected chi connectivity index (χ4v) is 0.610. The van der Waals surface area contributed by atoms with Gasteiger partial charge in [-0.1, -0.05) is 12.7 Å². The Morgan fingerprint density at radius 1 is 1.88 bits per heavy atom. The maximum absolute atomic E-state index is 3.97. The van der Waals surface area contributed by atoms with Gasteiger partial charge in [0.05, 0.1) is 5.88 Å². The van der Waals surface area contributed by atoms with Crippen LogP contribution in [0.15, 0.2) is 24.4 Å². The summed E-state index contributed by atoms with van der Waals surface area (Å²) in [5.74, 6) is 0.677. The van der Waals surface area contributed by atoms with Gasteiger partial charge in [0.1, 0.15) is 0 Å². The Labute approximate surface area is 55.9 Å². The van der Waals surface area contributed by atoms with Crippen LogP contribution in [-0.2, 0) is 0 Å². The van der Waals surface area contributed by atoms with Gasteiger partial charge < -0.3 is 5.32 Å². The SMILES string of the molecule is C=C/C=C(\C)NCS. The molecule has 0 spiro atoms. The van der Waals surface area contributed by atoms with Gasteiger partial charge in [0.15, 0.2) is 0 Å². The molecule has 0 aliphatic carbocycles. The molecule has 0 saturated heterocycles. The lowest BCUT2D eigenvalue weighted by molar-refractivity contribution is 0.963. The zero-order valence-electron chi connectivity index (χ0n) is 5.02. The highest BCUT2D eigenvalue weighted by Crippen LogP contribution is 1.85. The van der Waals surface area contributed by atoms with Crippen LogP contribution in [0.4, 0.5) is 0 Å². The van der Waals surface area contributed by atoms with E-state index in [4.69, 9.17) is 0 Å². The zero-order chi connectivity index (χ0) is 6.41. The molecule has 0 bridgehead atoms. The minimum Gasteiger partial charge on any atom is -0.380 e. The first kappa shape index (κ1) is 7.63. The lowest BCUT2D eigenvalue weighted by Crippen LogP contribution is -2.06. The third-order valence-electron chi connectivity index (χ3n) is 0.726. The van der Waals surface area contributed by atoms with Crippen LogP contribution in [0.5, 0.6) is 0 Å². The highest BCUT2D eigenvalue weighted by atomic mass is 32.1. The second-order valence-corrected chi connectivity index (χ2v) is 1.74. The summed E-state index contributed by atoms with van der Waals surface area (Å²) >= 11 is 3.97. The first-order valence-corrected chi connectivity index (χ1v) is 3.08. The Morgan fingerprint density at radius 2 is 2.50 bits per heavy atom. The van der Waals surface area contributed by atoms with Gasteiger partial charge in [-0.05, 0) is 13.0 Å². The van der Waals surface area contributed by atoms with E-state index in [-0.39, 0.29) is 0 Å². The van der Waals surface area contributed by atoms with Gasteiger partial charge in [0.25, 0.3) is 0 Å². The summed E-state index contributed by atoms with van der Waals surface area (Å²) in [6.45, 7) is 5.51. The van der Waals surface area contributed by atoms with Gasteiger partial charge in [0, 0.05) is 5.70 Å². The smallest absolute Gasteiger partial charge is 0.0578 e. The Hall–Kier alpha value is -0.370. The predicted molar refractivity (Wildman–Crippen MR) is 40.9 cm³/mol. The normalized spacial score (nSPS) is 11.0. The lowest BCUT2D eigenvalue weighted by Gasteiger charge is -1.97. The van der Waals surface area contributed by atoms with E-state index in [1.165, 1.54) is 0 Å². The first-order chi connectivity index (χ1) is 3.81. The molecule has 0 unspecified atom stereocenters. The maximum atomic E-state index is 3.97. The molecule has 0 aromatic rings. The van der Waals surface area contributed by atoms with Gasteiger partial charge in [-0.25, -0.2) is 0 Å². The third kappa shape index (κ3) is 3.81. The van der Waals surface area contributed by atoms with Crippen molar-refractivity contribution in [3.63, 3.8) is 0 Å². The van der Waals surface area contributed by atoms with Crippen molar-refractivity contribution in [3.05, 3.63) is 24.4 Å². The molecular formula is C6H11NS. The minimum atomic E-state index is 0.677. The van der Waals surface area contributed by atoms with Gasteiger partial charge in [-0.2, -0.15) is 12.6 Å². The standard InChI is InChI=1S/C6H11NS/c1-3-4-6(2)7-5-8/h3-4,7-8H,1,5H2,2H3/b6-4+. The van der Waals surface area contributed by atoms with Crippen LogP contribution >= 0.6 is 12.6 Å². The third-order valence-corrected chi connectivity index (χ3v) is 0.884. The maximum Gasteiger partial charge on any atom is 0.0578 e. The van der Waals surface area contributed by atoms with E-state index in [1.54, 1.807) is 6.08 Å². The average Bonchev–Trinajstić information content (AvgIpc) is 1.68. The Kier molecular flexibility index (Phi) is 4.56. The van der Waals surface area contributed by atoms with Crippen LogP contribution < -0.4 is 5.32 Å². The average molecular weight is 129 g/mol. The Balaban J connectivity index is 3.44. The van der Waals surface area contributed by atoms with Crippen LogP contribution in [0.3, 0.4) is 0 Å². The van der Waals surface area contributed by atoms with Crippen molar-refractivity contribution in [1.82, 2.24) is 5.32 Å². The molecule has 0 heterocycles. The van der Waals surface area contributed by atoms with Crippen molar-refractivity contribution < 1.29 is 0 Å². The summed E-state index contributed by atoms with van der Waals surface area (Å²) in [6.07, 6.45) is 3.64. The molecule has 2 heteroatoms. The summed E-state index contributed by atoms with van der Waals surface area (Å²) in [5.41, 5.74) is 1.09. The van der Waals surface area contributed by atoms with Crippen LogP contribution in [-0.4, -0.2) is 5.88 Å². The fraction of sp³-hybridized carbons (Fsp3) is 0.333. The van der Waals surface area contributed by atoms with Gasteiger partial charge >= 0.3 is 0 Å². The molecule has 0 rings (SSSR count). The van der Waals surface area contributed by atoms with E-state index < -0.39 is 0 Å². The zero-order valence-corrected chi connectivity index (χ0v) is 5.91. The van der Waals surface area contributed by atoms with E-state index in [1.807, 2.05) is 13.0 Å². The molecule has 0 saturated carbocycles.